The lowest BCUT2D eigenvalue weighted by atomic mass is 10.4. The van der Waals surface area contributed by atoms with E-state index in [4.69, 9.17) is 10.3 Å². The van der Waals surface area contributed by atoms with Crippen LogP contribution in [-0.2, 0) is 4.74 Å². The zero-order chi connectivity index (χ0) is 9.84. The number of aromatic nitrogens is 2. The minimum Gasteiger partial charge on any atom is -0.460 e. The van der Waals surface area contributed by atoms with Gasteiger partial charge in [-0.1, -0.05) is 0 Å². The topological polar surface area (TPSA) is 91.2 Å². The Bertz CT molecular complexity index is 300. The molecule has 0 aliphatic carbocycles. The quantitative estimate of drug-likeness (QED) is 0.755. The molecule has 1 unspecified atom stereocenters. The maximum Gasteiger partial charge on any atom is 0.379 e. The fraction of sp³-hybridized carbons (Fsp3) is 0.571. The number of hydrogen-bond donors (Lipinski definition) is 1. The number of carbonyl (C=O) groups is 1. The molecule has 1 heterocycles. The van der Waals surface area contributed by atoms with E-state index in [9.17, 15) is 4.79 Å². The average Bonchev–Trinajstić information content (AvgIpc) is 2.52. The molecule has 1 aromatic rings. The maximum absolute atomic E-state index is 11.0. The molecular formula is C7H12ClN3O3. The van der Waals surface area contributed by atoms with E-state index in [0.717, 1.165) is 0 Å². The SMILES string of the molecule is CCOC(=O)c1noc(C(C)N)n1.Cl. The number of halogens is 1. The van der Waals surface area contributed by atoms with Crippen LogP contribution in [0, 0.1) is 0 Å². The lowest BCUT2D eigenvalue weighted by molar-refractivity contribution is 0.0508. The molecule has 0 fully saturated rings. The third kappa shape index (κ3) is 2.97. The molecule has 0 saturated carbocycles. The standard InChI is InChI=1S/C7H11N3O3.ClH/c1-3-12-7(11)5-9-6(4(2)8)13-10-5;/h4H,3,8H2,1-2H3;1H. The molecule has 6 nitrogen and oxygen atoms in total. The molecule has 0 saturated heterocycles. The number of carbonyl (C=O) groups excluding carboxylic acids is 1. The molecule has 0 aromatic carbocycles. The molecule has 0 bridgehead atoms. The molecule has 0 spiro atoms. The fourth-order valence-electron chi connectivity index (χ4n) is 0.699. The van der Waals surface area contributed by atoms with E-state index < -0.39 is 5.97 Å². The number of esters is 1. The van der Waals surface area contributed by atoms with Gasteiger partial charge in [-0.25, -0.2) is 4.79 Å². The first-order chi connectivity index (χ1) is 6.15. The Labute approximate surface area is 87.2 Å². The Balaban J connectivity index is 0.00000169. The molecular weight excluding hydrogens is 210 g/mol. The Morgan fingerprint density at radius 2 is 2.36 bits per heavy atom. The molecule has 80 valence electrons. The minimum absolute atomic E-state index is 0. The van der Waals surface area contributed by atoms with Crippen molar-refractivity contribution in [3.8, 4) is 0 Å². The summed E-state index contributed by atoms with van der Waals surface area (Å²) in [6.07, 6.45) is 0. The summed E-state index contributed by atoms with van der Waals surface area (Å²) in [5, 5.41) is 3.42. The molecule has 7 heteroatoms. The summed E-state index contributed by atoms with van der Waals surface area (Å²) in [5.41, 5.74) is 5.45. The lowest BCUT2D eigenvalue weighted by Gasteiger charge is -1.94. The molecule has 2 N–H and O–H groups in total. The van der Waals surface area contributed by atoms with Gasteiger partial charge in [-0.3, -0.25) is 0 Å². The number of ether oxygens (including phenoxy) is 1. The summed E-state index contributed by atoms with van der Waals surface area (Å²) >= 11 is 0. The van der Waals surface area contributed by atoms with Crippen LogP contribution in [0.1, 0.15) is 36.4 Å². The van der Waals surface area contributed by atoms with E-state index in [1.54, 1.807) is 13.8 Å². The first-order valence-corrected chi connectivity index (χ1v) is 3.91. The summed E-state index contributed by atoms with van der Waals surface area (Å²) < 4.78 is 9.36. The fourth-order valence-corrected chi connectivity index (χ4v) is 0.699. The third-order valence-corrected chi connectivity index (χ3v) is 1.29. The van der Waals surface area contributed by atoms with Crippen molar-refractivity contribution >= 4 is 18.4 Å². The van der Waals surface area contributed by atoms with E-state index >= 15 is 0 Å². The summed E-state index contributed by atoms with van der Waals surface area (Å²) in [7, 11) is 0. The van der Waals surface area contributed by atoms with Crippen LogP contribution in [0.5, 0.6) is 0 Å². The van der Waals surface area contributed by atoms with Crippen molar-refractivity contribution in [2.45, 2.75) is 19.9 Å². The highest BCUT2D eigenvalue weighted by atomic mass is 35.5. The molecule has 0 aliphatic rings. The van der Waals surface area contributed by atoms with Gasteiger partial charge in [-0.2, -0.15) is 4.98 Å². The zero-order valence-electron chi connectivity index (χ0n) is 7.89. The first kappa shape index (κ1) is 12.9. The molecule has 0 aliphatic heterocycles. The van der Waals surface area contributed by atoms with Gasteiger partial charge < -0.3 is 15.0 Å². The van der Waals surface area contributed by atoms with E-state index in [1.807, 2.05) is 0 Å². The molecule has 14 heavy (non-hydrogen) atoms. The van der Waals surface area contributed by atoms with Crippen LogP contribution in [0.2, 0.25) is 0 Å². The van der Waals surface area contributed by atoms with Crippen LogP contribution < -0.4 is 5.73 Å². The first-order valence-electron chi connectivity index (χ1n) is 3.91. The number of nitrogens with two attached hydrogens (primary N) is 1. The highest BCUT2D eigenvalue weighted by Crippen LogP contribution is 2.06. The Morgan fingerprint density at radius 1 is 1.71 bits per heavy atom. The van der Waals surface area contributed by atoms with Gasteiger partial charge in [0.25, 0.3) is 5.82 Å². The predicted molar refractivity (Wildman–Crippen MR) is 50.1 cm³/mol. The van der Waals surface area contributed by atoms with Crippen molar-refractivity contribution in [3.63, 3.8) is 0 Å². The van der Waals surface area contributed by atoms with Crippen LogP contribution in [-0.4, -0.2) is 22.7 Å². The second-order valence-corrected chi connectivity index (χ2v) is 2.47. The lowest BCUT2D eigenvalue weighted by Crippen LogP contribution is -2.08. The van der Waals surface area contributed by atoms with Crippen molar-refractivity contribution in [2.75, 3.05) is 6.61 Å². The van der Waals surface area contributed by atoms with Crippen LogP contribution in [0.15, 0.2) is 4.52 Å². The number of hydrogen-bond acceptors (Lipinski definition) is 6. The summed E-state index contributed by atoms with van der Waals surface area (Å²) in [5.74, 6) is -0.463. The van der Waals surface area contributed by atoms with Gasteiger partial charge in [0.15, 0.2) is 0 Å². The maximum atomic E-state index is 11.0. The third-order valence-electron chi connectivity index (χ3n) is 1.29. The number of rotatable bonds is 3. The van der Waals surface area contributed by atoms with Crippen molar-refractivity contribution in [3.05, 3.63) is 11.7 Å². The normalized spacial score (nSPS) is 11.6. The van der Waals surface area contributed by atoms with Gasteiger partial charge in [0.05, 0.1) is 12.6 Å². The van der Waals surface area contributed by atoms with Crippen molar-refractivity contribution in [2.24, 2.45) is 5.73 Å². The van der Waals surface area contributed by atoms with Gasteiger partial charge in [-0.05, 0) is 19.0 Å². The van der Waals surface area contributed by atoms with Gasteiger partial charge in [-0.15, -0.1) is 12.4 Å². The smallest absolute Gasteiger partial charge is 0.379 e. The van der Waals surface area contributed by atoms with E-state index in [2.05, 4.69) is 14.9 Å². The second kappa shape index (κ2) is 5.56. The van der Waals surface area contributed by atoms with Crippen molar-refractivity contribution in [1.82, 2.24) is 10.1 Å². The summed E-state index contributed by atoms with van der Waals surface area (Å²) in [6, 6.07) is -0.379. The van der Waals surface area contributed by atoms with E-state index in [0.29, 0.717) is 0 Å². The monoisotopic (exact) mass is 221 g/mol. The van der Waals surface area contributed by atoms with Crippen LogP contribution in [0.4, 0.5) is 0 Å². The largest absolute Gasteiger partial charge is 0.460 e. The zero-order valence-corrected chi connectivity index (χ0v) is 8.71. The summed E-state index contributed by atoms with van der Waals surface area (Å²) in [6.45, 7) is 3.66. The van der Waals surface area contributed by atoms with E-state index in [-0.39, 0.29) is 36.8 Å². The van der Waals surface area contributed by atoms with Gasteiger partial charge in [0, 0.05) is 0 Å². The molecule has 0 radical (unpaired) electrons. The second-order valence-electron chi connectivity index (χ2n) is 2.47. The van der Waals surface area contributed by atoms with Crippen molar-refractivity contribution in [1.29, 1.82) is 0 Å². The Kier molecular flexibility index (Phi) is 5.11. The van der Waals surface area contributed by atoms with Crippen LogP contribution in [0.3, 0.4) is 0 Å². The molecule has 1 rings (SSSR count). The highest BCUT2D eigenvalue weighted by molar-refractivity contribution is 5.85. The minimum atomic E-state index is -0.599. The highest BCUT2D eigenvalue weighted by Gasteiger charge is 2.16. The van der Waals surface area contributed by atoms with Gasteiger partial charge in [0.2, 0.25) is 5.89 Å². The Hall–Kier alpha value is -1.14. The van der Waals surface area contributed by atoms with E-state index in [1.165, 1.54) is 0 Å². The predicted octanol–water partition coefficient (Wildman–Crippen LogP) is 0.688. The van der Waals surface area contributed by atoms with Crippen molar-refractivity contribution < 1.29 is 14.1 Å². The molecule has 0 amide bonds. The van der Waals surface area contributed by atoms with Crippen LogP contribution in [0.25, 0.3) is 0 Å². The van der Waals surface area contributed by atoms with Crippen LogP contribution >= 0.6 is 12.4 Å². The molecule has 1 aromatic heterocycles. The average molecular weight is 222 g/mol. The molecule has 1 atom stereocenters. The summed E-state index contributed by atoms with van der Waals surface area (Å²) in [4.78, 5) is 14.8. The van der Waals surface area contributed by atoms with Gasteiger partial charge >= 0.3 is 5.97 Å². The van der Waals surface area contributed by atoms with Gasteiger partial charge in [0.1, 0.15) is 0 Å². The Morgan fingerprint density at radius 3 is 2.79 bits per heavy atom. The number of nitrogens with zero attached hydrogens (tertiary/aromatic N) is 2.